The first-order valence-electron chi connectivity index (χ1n) is 5.35. The number of hydrogen-bond acceptors (Lipinski definition) is 2. The van der Waals surface area contributed by atoms with Crippen molar-refractivity contribution in [2.75, 3.05) is 11.4 Å². The molecule has 0 saturated heterocycles. The van der Waals surface area contributed by atoms with Gasteiger partial charge in [-0.25, -0.2) is 9.18 Å². The minimum atomic E-state index is -0.924. The van der Waals surface area contributed by atoms with Gasteiger partial charge < -0.3 is 10.0 Å². The second-order valence-corrected chi connectivity index (χ2v) is 3.50. The lowest BCUT2D eigenvalue weighted by molar-refractivity contribution is -0.138. The molecule has 0 bridgehead atoms. The maximum atomic E-state index is 13.6. The maximum absolute atomic E-state index is 13.6. The van der Waals surface area contributed by atoms with E-state index in [1.165, 1.54) is 6.07 Å². The Kier molecular flexibility index (Phi) is 4.28. The van der Waals surface area contributed by atoms with Crippen molar-refractivity contribution in [3.8, 4) is 0 Å². The summed E-state index contributed by atoms with van der Waals surface area (Å²) in [4.78, 5) is 12.6. The van der Waals surface area contributed by atoms with E-state index in [0.29, 0.717) is 18.7 Å². The van der Waals surface area contributed by atoms with Gasteiger partial charge in [0.1, 0.15) is 11.9 Å². The highest BCUT2D eigenvalue weighted by molar-refractivity contribution is 5.78. The quantitative estimate of drug-likeness (QED) is 0.837. The predicted octanol–water partition coefficient (Wildman–Crippen LogP) is 2.52. The van der Waals surface area contributed by atoms with E-state index in [4.69, 9.17) is 5.11 Å². The number of carbonyl (C=O) groups is 1. The standard InChI is InChI=1S/C12H16FNO2/c1-3-10(12(15)16)14(4-2)11-8-6-5-7-9(11)13/h5-8,10H,3-4H2,1-2H3,(H,15,16)/t10-/m0/s1. The van der Waals surface area contributed by atoms with Crippen LogP contribution in [0.1, 0.15) is 20.3 Å². The third kappa shape index (κ3) is 2.51. The minimum absolute atomic E-state index is 0.347. The molecule has 0 unspecified atom stereocenters. The van der Waals surface area contributed by atoms with Gasteiger partial charge in [0.2, 0.25) is 0 Å². The molecule has 0 heterocycles. The molecule has 3 nitrogen and oxygen atoms in total. The number of aliphatic carboxylic acids is 1. The number of benzene rings is 1. The van der Waals surface area contributed by atoms with Gasteiger partial charge in [0.15, 0.2) is 0 Å². The van der Waals surface area contributed by atoms with Crippen LogP contribution in [0.2, 0.25) is 0 Å². The Morgan fingerprint density at radius 3 is 2.50 bits per heavy atom. The normalized spacial score (nSPS) is 12.2. The van der Waals surface area contributed by atoms with Gasteiger partial charge in [0.05, 0.1) is 5.69 Å². The summed E-state index contributed by atoms with van der Waals surface area (Å²) in [6.07, 6.45) is 0.442. The Bertz CT molecular complexity index is 368. The molecule has 0 aliphatic carbocycles. The van der Waals surface area contributed by atoms with Crippen LogP contribution < -0.4 is 4.90 Å². The van der Waals surface area contributed by atoms with E-state index >= 15 is 0 Å². The first kappa shape index (κ1) is 12.5. The molecule has 0 aromatic heterocycles. The first-order chi connectivity index (χ1) is 7.61. The SMILES string of the molecule is CC[C@@H](C(=O)O)N(CC)c1ccccc1F. The van der Waals surface area contributed by atoms with E-state index in [1.807, 2.05) is 6.92 Å². The average Bonchev–Trinajstić information content (AvgIpc) is 2.26. The molecule has 0 spiro atoms. The smallest absolute Gasteiger partial charge is 0.326 e. The Labute approximate surface area is 94.5 Å². The van der Waals surface area contributed by atoms with Crippen molar-refractivity contribution in [2.45, 2.75) is 26.3 Å². The molecule has 0 aliphatic rings. The zero-order chi connectivity index (χ0) is 12.1. The van der Waals surface area contributed by atoms with Crippen LogP contribution in [0, 0.1) is 5.82 Å². The van der Waals surface area contributed by atoms with Gasteiger partial charge in [-0.05, 0) is 25.5 Å². The van der Waals surface area contributed by atoms with Crippen LogP contribution in [0.25, 0.3) is 0 Å². The van der Waals surface area contributed by atoms with Crippen molar-refractivity contribution < 1.29 is 14.3 Å². The summed E-state index contributed by atoms with van der Waals surface area (Å²) in [5, 5.41) is 9.06. The molecule has 1 atom stereocenters. The number of carboxylic acid groups (broad SMARTS) is 1. The number of anilines is 1. The lowest BCUT2D eigenvalue weighted by Crippen LogP contribution is -2.41. The third-order valence-corrected chi connectivity index (χ3v) is 2.55. The van der Waals surface area contributed by atoms with Gasteiger partial charge in [-0.3, -0.25) is 0 Å². The predicted molar refractivity (Wildman–Crippen MR) is 61.1 cm³/mol. The number of carboxylic acids is 1. The van der Waals surface area contributed by atoms with Crippen LogP contribution in [-0.2, 0) is 4.79 Å². The molecule has 1 N–H and O–H groups in total. The van der Waals surface area contributed by atoms with E-state index in [1.54, 1.807) is 30.0 Å². The van der Waals surface area contributed by atoms with Crippen LogP contribution in [0.5, 0.6) is 0 Å². The molecule has 1 aromatic rings. The molecule has 1 rings (SSSR count). The van der Waals surface area contributed by atoms with Gasteiger partial charge in [-0.1, -0.05) is 19.1 Å². The van der Waals surface area contributed by atoms with Crippen LogP contribution >= 0.6 is 0 Å². The summed E-state index contributed by atoms with van der Waals surface area (Å²) in [6, 6.07) is 5.56. The zero-order valence-electron chi connectivity index (χ0n) is 9.48. The van der Waals surface area contributed by atoms with E-state index in [9.17, 15) is 9.18 Å². The summed E-state index contributed by atoms with van der Waals surface area (Å²) >= 11 is 0. The van der Waals surface area contributed by atoms with Crippen molar-refractivity contribution in [3.05, 3.63) is 30.1 Å². The van der Waals surface area contributed by atoms with Crippen LogP contribution in [0.4, 0.5) is 10.1 Å². The first-order valence-corrected chi connectivity index (χ1v) is 5.35. The summed E-state index contributed by atoms with van der Waals surface area (Å²) in [6.45, 7) is 4.06. The van der Waals surface area contributed by atoms with Gasteiger partial charge in [0.25, 0.3) is 0 Å². The molecule has 0 amide bonds. The fraction of sp³-hybridized carbons (Fsp3) is 0.417. The number of halogens is 1. The average molecular weight is 225 g/mol. The van der Waals surface area contributed by atoms with Crippen molar-refractivity contribution in [2.24, 2.45) is 0 Å². The number of nitrogens with zero attached hydrogens (tertiary/aromatic N) is 1. The fourth-order valence-corrected chi connectivity index (χ4v) is 1.77. The Balaban J connectivity index is 3.06. The highest BCUT2D eigenvalue weighted by Crippen LogP contribution is 2.22. The molecular formula is C12H16FNO2. The number of likely N-dealkylation sites (N-methyl/N-ethyl adjacent to an activating group) is 1. The molecule has 16 heavy (non-hydrogen) atoms. The molecule has 0 aliphatic heterocycles. The zero-order valence-corrected chi connectivity index (χ0v) is 9.48. The highest BCUT2D eigenvalue weighted by Gasteiger charge is 2.24. The Morgan fingerprint density at radius 2 is 2.06 bits per heavy atom. The second-order valence-electron chi connectivity index (χ2n) is 3.50. The second kappa shape index (κ2) is 5.49. The fourth-order valence-electron chi connectivity index (χ4n) is 1.77. The van der Waals surface area contributed by atoms with Crippen molar-refractivity contribution >= 4 is 11.7 Å². The lowest BCUT2D eigenvalue weighted by atomic mass is 10.1. The molecule has 1 aromatic carbocycles. The summed E-state index contributed by atoms with van der Waals surface area (Å²) in [5.74, 6) is -1.31. The molecule has 4 heteroatoms. The molecule has 0 saturated carbocycles. The Hall–Kier alpha value is -1.58. The van der Waals surface area contributed by atoms with E-state index in [2.05, 4.69) is 0 Å². The number of hydrogen-bond donors (Lipinski definition) is 1. The third-order valence-electron chi connectivity index (χ3n) is 2.55. The van der Waals surface area contributed by atoms with E-state index in [-0.39, 0.29) is 5.82 Å². The molecule has 0 radical (unpaired) electrons. The van der Waals surface area contributed by atoms with E-state index < -0.39 is 12.0 Å². The minimum Gasteiger partial charge on any atom is -0.480 e. The van der Waals surface area contributed by atoms with Crippen molar-refractivity contribution in [1.82, 2.24) is 0 Å². The summed E-state index contributed by atoms with van der Waals surface area (Å²) in [5.41, 5.74) is 0.347. The molecule has 0 fully saturated rings. The lowest BCUT2D eigenvalue weighted by Gasteiger charge is -2.29. The summed E-state index contributed by atoms with van der Waals surface area (Å²) in [7, 11) is 0. The monoisotopic (exact) mass is 225 g/mol. The Morgan fingerprint density at radius 1 is 1.44 bits per heavy atom. The van der Waals surface area contributed by atoms with Gasteiger partial charge in [-0.15, -0.1) is 0 Å². The van der Waals surface area contributed by atoms with Crippen LogP contribution in [0.3, 0.4) is 0 Å². The van der Waals surface area contributed by atoms with Gasteiger partial charge >= 0.3 is 5.97 Å². The molecule has 88 valence electrons. The number of rotatable bonds is 5. The molecular weight excluding hydrogens is 209 g/mol. The topological polar surface area (TPSA) is 40.5 Å². The van der Waals surface area contributed by atoms with Crippen LogP contribution in [0.15, 0.2) is 24.3 Å². The maximum Gasteiger partial charge on any atom is 0.326 e. The summed E-state index contributed by atoms with van der Waals surface area (Å²) < 4.78 is 13.6. The van der Waals surface area contributed by atoms with Crippen LogP contribution in [-0.4, -0.2) is 23.7 Å². The number of para-hydroxylation sites is 1. The van der Waals surface area contributed by atoms with E-state index in [0.717, 1.165) is 0 Å². The van der Waals surface area contributed by atoms with Gasteiger partial charge in [-0.2, -0.15) is 0 Å². The van der Waals surface area contributed by atoms with Crippen molar-refractivity contribution in [1.29, 1.82) is 0 Å². The largest absolute Gasteiger partial charge is 0.480 e. The van der Waals surface area contributed by atoms with Crippen molar-refractivity contribution in [3.63, 3.8) is 0 Å². The van der Waals surface area contributed by atoms with Gasteiger partial charge in [0, 0.05) is 6.54 Å². The highest BCUT2D eigenvalue weighted by atomic mass is 19.1.